The Hall–Kier alpha value is -1.25. The summed E-state index contributed by atoms with van der Waals surface area (Å²) in [5.74, 6) is -1.71. The first-order valence-electron chi connectivity index (χ1n) is 7.37. The van der Waals surface area contributed by atoms with Crippen molar-refractivity contribution >= 4 is 5.78 Å². The highest BCUT2D eigenvalue weighted by molar-refractivity contribution is 6.01. The number of carbonyl (C=O) groups is 1. The molecule has 0 bridgehead atoms. The highest BCUT2D eigenvalue weighted by Crippen LogP contribution is 2.46. The Morgan fingerprint density at radius 3 is 2.35 bits per heavy atom. The second-order valence-corrected chi connectivity index (χ2v) is 6.47. The van der Waals surface area contributed by atoms with Crippen LogP contribution in [0.3, 0.4) is 0 Å². The Morgan fingerprint density at radius 2 is 1.80 bits per heavy atom. The molecule has 0 saturated heterocycles. The summed E-state index contributed by atoms with van der Waals surface area (Å²) in [5.41, 5.74) is -0.324. The molecule has 0 spiro atoms. The van der Waals surface area contributed by atoms with Gasteiger partial charge in [0, 0.05) is 5.41 Å². The fraction of sp³-hybridized carbons (Fsp3) is 0.588. The summed E-state index contributed by atoms with van der Waals surface area (Å²) in [4.78, 5) is 12.8. The Bertz CT molecular complexity index is 514. The van der Waals surface area contributed by atoms with E-state index in [4.69, 9.17) is 0 Å². The summed E-state index contributed by atoms with van der Waals surface area (Å²) in [6, 6.07) is 2.93. The maximum atomic E-state index is 14.1. The summed E-state index contributed by atoms with van der Waals surface area (Å²) in [5, 5.41) is 0. The van der Waals surface area contributed by atoms with Crippen molar-refractivity contribution in [2.75, 3.05) is 0 Å². The second-order valence-electron chi connectivity index (χ2n) is 6.47. The van der Waals surface area contributed by atoms with Gasteiger partial charge in [0.25, 0.3) is 0 Å². The van der Waals surface area contributed by atoms with Crippen LogP contribution in [0.5, 0.6) is 0 Å². The molecule has 1 nitrogen and oxygen atoms in total. The monoisotopic (exact) mass is 280 g/mol. The Labute approximate surface area is 119 Å². The summed E-state index contributed by atoms with van der Waals surface area (Å²) in [7, 11) is 0. The minimum atomic E-state index is -0.981. The van der Waals surface area contributed by atoms with E-state index >= 15 is 0 Å². The van der Waals surface area contributed by atoms with Gasteiger partial charge in [-0.15, -0.1) is 0 Å². The van der Waals surface area contributed by atoms with Crippen molar-refractivity contribution in [2.45, 2.75) is 52.9 Å². The molecular weight excluding hydrogens is 258 g/mol. The van der Waals surface area contributed by atoms with Crippen molar-refractivity contribution < 1.29 is 13.6 Å². The number of rotatable bonds is 4. The first-order chi connectivity index (χ1) is 9.37. The van der Waals surface area contributed by atoms with E-state index in [1.54, 1.807) is 0 Å². The molecule has 0 aliphatic heterocycles. The first-order valence-corrected chi connectivity index (χ1v) is 7.37. The molecule has 20 heavy (non-hydrogen) atoms. The Kier molecular flexibility index (Phi) is 4.26. The third kappa shape index (κ3) is 2.63. The lowest BCUT2D eigenvalue weighted by atomic mass is 9.73. The number of carbonyl (C=O) groups excluding carboxylic acids is 1. The highest BCUT2D eigenvalue weighted by atomic mass is 19.2. The molecular formula is C17H22F2O. The fourth-order valence-corrected chi connectivity index (χ4v) is 3.46. The maximum Gasteiger partial charge on any atom is 0.172 e. The van der Waals surface area contributed by atoms with Crippen molar-refractivity contribution in [3.8, 4) is 0 Å². The average Bonchev–Trinajstić information content (AvgIpc) is 2.84. The van der Waals surface area contributed by atoms with Crippen LogP contribution in [0.4, 0.5) is 8.78 Å². The normalized spacial score (nSPS) is 17.7. The lowest BCUT2D eigenvalue weighted by Crippen LogP contribution is -2.31. The van der Waals surface area contributed by atoms with Crippen LogP contribution in [0.1, 0.15) is 61.9 Å². The highest BCUT2D eigenvalue weighted by Gasteiger charge is 2.42. The van der Waals surface area contributed by atoms with Gasteiger partial charge >= 0.3 is 0 Å². The number of halogens is 2. The SMILES string of the molecule is Cc1ccc(C(=O)C2(CC(C)C)CCCC2)c(F)c1F. The van der Waals surface area contributed by atoms with E-state index in [1.165, 1.54) is 19.1 Å². The lowest BCUT2D eigenvalue weighted by Gasteiger charge is -2.29. The molecule has 1 aliphatic rings. The van der Waals surface area contributed by atoms with E-state index in [0.29, 0.717) is 5.92 Å². The number of hydrogen-bond acceptors (Lipinski definition) is 1. The number of aryl methyl sites for hydroxylation is 1. The zero-order valence-corrected chi connectivity index (χ0v) is 12.4. The minimum Gasteiger partial charge on any atom is -0.293 e. The van der Waals surface area contributed by atoms with Gasteiger partial charge in [0.2, 0.25) is 0 Å². The molecule has 1 fully saturated rings. The molecule has 0 heterocycles. The van der Waals surface area contributed by atoms with Gasteiger partial charge in [-0.25, -0.2) is 8.78 Å². The molecule has 0 radical (unpaired) electrons. The van der Waals surface area contributed by atoms with Gasteiger partial charge in [-0.2, -0.15) is 0 Å². The maximum absolute atomic E-state index is 14.1. The van der Waals surface area contributed by atoms with Crippen LogP contribution in [0, 0.1) is 29.9 Å². The van der Waals surface area contributed by atoms with Crippen molar-refractivity contribution in [1.29, 1.82) is 0 Å². The van der Waals surface area contributed by atoms with E-state index < -0.39 is 17.0 Å². The van der Waals surface area contributed by atoms with Gasteiger partial charge in [0.15, 0.2) is 17.4 Å². The number of benzene rings is 1. The molecule has 0 N–H and O–H groups in total. The van der Waals surface area contributed by atoms with Crippen LogP contribution >= 0.6 is 0 Å². The molecule has 110 valence electrons. The number of Topliss-reactive ketones (excluding diaryl/α,β-unsaturated/α-hetero) is 1. The zero-order chi connectivity index (χ0) is 14.9. The van der Waals surface area contributed by atoms with Gasteiger partial charge in [0.05, 0.1) is 5.56 Å². The molecule has 2 rings (SSSR count). The van der Waals surface area contributed by atoms with Crippen molar-refractivity contribution in [3.05, 3.63) is 34.9 Å². The summed E-state index contributed by atoms with van der Waals surface area (Å²) >= 11 is 0. The Morgan fingerprint density at radius 1 is 1.20 bits per heavy atom. The van der Waals surface area contributed by atoms with E-state index in [1.807, 2.05) is 0 Å². The lowest BCUT2D eigenvalue weighted by molar-refractivity contribution is 0.0754. The van der Waals surface area contributed by atoms with Gasteiger partial charge in [-0.3, -0.25) is 4.79 Å². The van der Waals surface area contributed by atoms with E-state index in [2.05, 4.69) is 13.8 Å². The summed E-state index contributed by atoms with van der Waals surface area (Å²) in [6.45, 7) is 5.64. The topological polar surface area (TPSA) is 17.1 Å². The average molecular weight is 280 g/mol. The van der Waals surface area contributed by atoms with E-state index in [0.717, 1.165) is 32.1 Å². The number of ketones is 1. The fourth-order valence-electron chi connectivity index (χ4n) is 3.46. The predicted molar refractivity (Wildman–Crippen MR) is 75.8 cm³/mol. The molecule has 3 heteroatoms. The van der Waals surface area contributed by atoms with Crippen molar-refractivity contribution in [1.82, 2.24) is 0 Å². The third-order valence-electron chi connectivity index (χ3n) is 4.36. The quantitative estimate of drug-likeness (QED) is 0.704. The summed E-state index contributed by atoms with van der Waals surface area (Å²) in [6.07, 6.45) is 4.32. The number of hydrogen-bond donors (Lipinski definition) is 0. The van der Waals surface area contributed by atoms with Crippen LogP contribution in [0.15, 0.2) is 12.1 Å². The largest absolute Gasteiger partial charge is 0.293 e. The van der Waals surface area contributed by atoms with Crippen molar-refractivity contribution in [2.24, 2.45) is 11.3 Å². The first kappa shape index (κ1) is 15.1. The standard InChI is InChI=1S/C17H22F2O/c1-11(2)10-17(8-4-5-9-17)16(20)13-7-6-12(3)14(18)15(13)19/h6-7,11H,4-5,8-10H2,1-3H3. The molecule has 1 aliphatic carbocycles. The predicted octanol–water partition coefficient (Wildman–Crippen LogP) is 5.06. The van der Waals surface area contributed by atoms with Crippen LogP contribution in [-0.4, -0.2) is 5.78 Å². The Balaban J connectivity index is 2.41. The zero-order valence-electron chi connectivity index (χ0n) is 12.4. The van der Waals surface area contributed by atoms with Gasteiger partial charge < -0.3 is 0 Å². The minimum absolute atomic E-state index is 0.0735. The van der Waals surface area contributed by atoms with Crippen LogP contribution < -0.4 is 0 Å². The van der Waals surface area contributed by atoms with Crippen LogP contribution in [0.2, 0.25) is 0 Å². The summed E-state index contributed by atoms with van der Waals surface area (Å²) < 4.78 is 27.8. The second kappa shape index (κ2) is 5.63. The van der Waals surface area contributed by atoms with Crippen molar-refractivity contribution in [3.63, 3.8) is 0 Å². The molecule has 0 unspecified atom stereocenters. The van der Waals surface area contributed by atoms with E-state index in [9.17, 15) is 13.6 Å². The molecule has 1 saturated carbocycles. The van der Waals surface area contributed by atoms with Gasteiger partial charge in [-0.1, -0.05) is 32.8 Å². The molecule has 1 aromatic rings. The molecule has 0 aromatic heterocycles. The smallest absolute Gasteiger partial charge is 0.172 e. The van der Waals surface area contributed by atoms with Gasteiger partial charge in [-0.05, 0) is 43.7 Å². The van der Waals surface area contributed by atoms with E-state index in [-0.39, 0.29) is 16.9 Å². The van der Waals surface area contributed by atoms with Crippen LogP contribution in [0.25, 0.3) is 0 Å². The van der Waals surface area contributed by atoms with Crippen LogP contribution in [-0.2, 0) is 0 Å². The van der Waals surface area contributed by atoms with Gasteiger partial charge in [0.1, 0.15) is 0 Å². The molecule has 1 aromatic carbocycles. The third-order valence-corrected chi connectivity index (χ3v) is 4.36. The molecule has 0 amide bonds. The molecule has 0 atom stereocenters.